The largest absolute Gasteiger partial charge is 0.478 e. The summed E-state index contributed by atoms with van der Waals surface area (Å²) in [6.45, 7) is 5.29. The van der Waals surface area contributed by atoms with E-state index in [1.807, 2.05) is 0 Å². The van der Waals surface area contributed by atoms with Crippen LogP contribution in [0.5, 0.6) is 0 Å². The minimum atomic E-state index is -0.935. The fourth-order valence-electron chi connectivity index (χ4n) is 2.33. The van der Waals surface area contributed by atoms with Gasteiger partial charge in [0.15, 0.2) is 0 Å². The quantitative estimate of drug-likeness (QED) is 0.894. The summed E-state index contributed by atoms with van der Waals surface area (Å²) in [7, 11) is 0. The highest BCUT2D eigenvalue weighted by Crippen LogP contribution is 2.33. The van der Waals surface area contributed by atoms with E-state index >= 15 is 0 Å². The topological polar surface area (TPSA) is 66.3 Å². The van der Waals surface area contributed by atoms with E-state index < -0.39 is 5.97 Å². The lowest BCUT2D eigenvalue weighted by atomic mass is 9.89. The number of carboxylic acid groups (broad SMARTS) is 1. The first-order valence-electron chi connectivity index (χ1n) is 6.25. The zero-order valence-electron chi connectivity index (χ0n) is 10.9. The number of benzene rings is 1. The van der Waals surface area contributed by atoms with Crippen LogP contribution in [0.25, 0.3) is 10.9 Å². The van der Waals surface area contributed by atoms with Crippen molar-refractivity contribution in [1.29, 1.82) is 0 Å². The van der Waals surface area contributed by atoms with Crippen LogP contribution in [0, 0.1) is 0 Å². The highest BCUT2D eigenvalue weighted by atomic mass is 16.4. The second kappa shape index (κ2) is 3.91. The molecular weight excluding hydrogens is 242 g/mol. The maximum Gasteiger partial charge on any atom is 0.335 e. The molecule has 5 nitrogen and oxygen atoms in total. The van der Waals surface area contributed by atoms with E-state index in [-0.39, 0.29) is 11.1 Å². The molecule has 0 unspecified atom stereocenters. The lowest BCUT2D eigenvalue weighted by Crippen LogP contribution is -2.56. The average molecular weight is 257 g/mol. The molecule has 1 fully saturated rings. The molecule has 2 aromatic rings. The van der Waals surface area contributed by atoms with E-state index in [1.54, 1.807) is 24.4 Å². The molecule has 0 aliphatic carbocycles. The average Bonchev–Trinajstić information content (AvgIpc) is 2.37. The maximum atomic E-state index is 10.9. The first kappa shape index (κ1) is 11.9. The third kappa shape index (κ3) is 1.91. The fraction of sp³-hybridized carbons (Fsp3) is 0.357. The van der Waals surface area contributed by atoms with Gasteiger partial charge in [-0.25, -0.2) is 14.8 Å². The summed E-state index contributed by atoms with van der Waals surface area (Å²) >= 11 is 0. The second-order valence-electron chi connectivity index (χ2n) is 5.46. The number of nitrogens with zero attached hydrogens (tertiary/aromatic N) is 3. The molecule has 2 heterocycles. The molecule has 0 saturated carbocycles. The van der Waals surface area contributed by atoms with E-state index in [9.17, 15) is 4.79 Å². The van der Waals surface area contributed by atoms with Gasteiger partial charge in [0.25, 0.3) is 0 Å². The smallest absolute Gasteiger partial charge is 0.335 e. The minimum Gasteiger partial charge on any atom is -0.478 e. The normalized spacial score (nSPS) is 17.3. The molecule has 5 heteroatoms. The first-order chi connectivity index (χ1) is 8.97. The van der Waals surface area contributed by atoms with Crippen LogP contribution in [-0.4, -0.2) is 33.1 Å². The maximum absolute atomic E-state index is 10.9. The van der Waals surface area contributed by atoms with Gasteiger partial charge >= 0.3 is 5.97 Å². The van der Waals surface area contributed by atoms with Gasteiger partial charge in [-0.2, -0.15) is 0 Å². The van der Waals surface area contributed by atoms with Gasteiger partial charge in [0.1, 0.15) is 0 Å². The molecule has 19 heavy (non-hydrogen) atoms. The molecule has 0 spiro atoms. The Hall–Kier alpha value is -2.17. The Morgan fingerprint density at radius 3 is 2.79 bits per heavy atom. The van der Waals surface area contributed by atoms with Crippen molar-refractivity contribution in [2.75, 3.05) is 11.4 Å². The molecule has 0 atom stereocenters. The summed E-state index contributed by atoms with van der Waals surface area (Å²) in [5.41, 5.74) is 1.14. The molecule has 1 saturated heterocycles. The molecule has 0 amide bonds. The van der Waals surface area contributed by atoms with Crippen molar-refractivity contribution < 1.29 is 9.90 Å². The Balaban J connectivity index is 2.03. The Morgan fingerprint density at radius 2 is 2.21 bits per heavy atom. The summed E-state index contributed by atoms with van der Waals surface area (Å²) in [6, 6.07) is 4.90. The summed E-state index contributed by atoms with van der Waals surface area (Å²) < 4.78 is 0. The van der Waals surface area contributed by atoms with E-state index in [0.29, 0.717) is 5.95 Å². The lowest BCUT2D eigenvalue weighted by molar-refractivity contribution is 0.0697. The van der Waals surface area contributed by atoms with Gasteiger partial charge in [0.05, 0.1) is 11.1 Å². The van der Waals surface area contributed by atoms with Crippen LogP contribution in [-0.2, 0) is 0 Å². The molecule has 1 aliphatic heterocycles. The number of fused-ring (bicyclic) bond motifs is 1. The number of aromatic nitrogens is 2. The number of hydrogen-bond donors (Lipinski definition) is 1. The summed E-state index contributed by atoms with van der Waals surface area (Å²) in [5.74, 6) is -0.221. The van der Waals surface area contributed by atoms with Crippen molar-refractivity contribution in [3.05, 3.63) is 30.0 Å². The number of carboxylic acids is 1. The van der Waals surface area contributed by atoms with Crippen LogP contribution in [0.15, 0.2) is 24.4 Å². The van der Waals surface area contributed by atoms with Gasteiger partial charge in [-0.15, -0.1) is 0 Å². The molecule has 98 valence electrons. The standard InChI is InChI=1S/C14H15N3O2/c1-14(2)5-6-17(14)13-15-8-10-7-9(12(18)19)3-4-11(10)16-13/h3-4,7-8H,5-6H2,1-2H3,(H,18,19). The number of hydrogen-bond acceptors (Lipinski definition) is 4. The van der Waals surface area contributed by atoms with Crippen LogP contribution >= 0.6 is 0 Å². The Labute approximate surface area is 110 Å². The molecule has 1 N–H and O–H groups in total. The lowest BCUT2D eigenvalue weighted by Gasteiger charge is -2.48. The summed E-state index contributed by atoms with van der Waals surface area (Å²) in [6.07, 6.45) is 2.82. The molecule has 1 aromatic heterocycles. The van der Waals surface area contributed by atoms with Gasteiger partial charge in [-0.05, 0) is 38.5 Å². The molecule has 1 aromatic carbocycles. The molecule has 3 rings (SSSR count). The zero-order chi connectivity index (χ0) is 13.6. The highest BCUT2D eigenvalue weighted by molar-refractivity contribution is 5.93. The Kier molecular flexibility index (Phi) is 2.45. The Morgan fingerprint density at radius 1 is 1.42 bits per heavy atom. The number of anilines is 1. The predicted octanol–water partition coefficient (Wildman–Crippen LogP) is 2.32. The van der Waals surface area contributed by atoms with E-state index in [1.165, 1.54) is 0 Å². The van der Waals surface area contributed by atoms with E-state index in [4.69, 9.17) is 5.11 Å². The van der Waals surface area contributed by atoms with Crippen molar-refractivity contribution >= 4 is 22.8 Å². The number of carbonyl (C=O) groups is 1. The van der Waals surface area contributed by atoms with E-state index in [0.717, 1.165) is 23.9 Å². The third-order valence-corrected chi connectivity index (χ3v) is 3.73. The van der Waals surface area contributed by atoms with Crippen LogP contribution in [0.3, 0.4) is 0 Å². The van der Waals surface area contributed by atoms with Crippen molar-refractivity contribution in [1.82, 2.24) is 9.97 Å². The molecular formula is C14H15N3O2. The van der Waals surface area contributed by atoms with Crippen molar-refractivity contribution in [2.24, 2.45) is 0 Å². The Bertz CT molecular complexity index is 667. The van der Waals surface area contributed by atoms with Gasteiger partial charge in [0.2, 0.25) is 5.95 Å². The van der Waals surface area contributed by atoms with Gasteiger partial charge in [-0.3, -0.25) is 0 Å². The monoisotopic (exact) mass is 257 g/mol. The zero-order valence-corrected chi connectivity index (χ0v) is 10.9. The summed E-state index contributed by atoms with van der Waals surface area (Å²) in [4.78, 5) is 21.9. The molecule has 0 radical (unpaired) electrons. The summed E-state index contributed by atoms with van der Waals surface area (Å²) in [5, 5.41) is 9.71. The van der Waals surface area contributed by atoms with Crippen LogP contribution < -0.4 is 4.90 Å². The van der Waals surface area contributed by atoms with Crippen LogP contribution in [0.2, 0.25) is 0 Å². The van der Waals surface area contributed by atoms with Crippen molar-refractivity contribution in [3.63, 3.8) is 0 Å². The van der Waals surface area contributed by atoms with Crippen LogP contribution in [0.4, 0.5) is 5.95 Å². The predicted molar refractivity (Wildman–Crippen MR) is 72.5 cm³/mol. The van der Waals surface area contributed by atoms with Gasteiger partial charge in [0, 0.05) is 23.7 Å². The van der Waals surface area contributed by atoms with Crippen molar-refractivity contribution in [3.8, 4) is 0 Å². The number of aromatic carboxylic acids is 1. The van der Waals surface area contributed by atoms with Crippen molar-refractivity contribution in [2.45, 2.75) is 25.8 Å². The molecule has 1 aliphatic rings. The SMILES string of the molecule is CC1(C)CCN1c1ncc2cc(C(=O)O)ccc2n1. The van der Waals surface area contributed by atoms with Gasteiger partial charge < -0.3 is 10.0 Å². The second-order valence-corrected chi connectivity index (χ2v) is 5.46. The highest BCUT2D eigenvalue weighted by Gasteiger charge is 2.37. The first-order valence-corrected chi connectivity index (χ1v) is 6.25. The fourth-order valence-corrected chi connectivity index (χ4v) is 2.33. The number of rotatable bonds is 2. The van der Waals surface area contributed by atoms with E-state index in [2.05, 4.69) is 28.7 Å². The van der Waals surface area contributed by atoms with Crippen LogP contribution in [0.1, 0.15) is 30.6 Å². The third-order valence-electron chi connectivity index (χ3n) is 3.73. The minimum absolute atomic E-state index is 0.106. The molecule has 0 bridgehead atoms. The van der Waals surface area contributed by atoms with Gasteiger partial charge in [-0.1, -0.05) is 0 Å².